The van der Waals surface area contributed by atoms with Crippen molar-refractivity contribution in [2.45, 2.75) is 32.1 Å². The van der Waals surface area contributed by atoms with Gasteiger partial charge < -0.3 is 10.1 Å². The van der Waals surface area contributed by atoms with Crippen molar-refractivity contribution in [1.82, 2.24) is 16.2 Å². The molecular formula is C18H23N3O3S. The minimum Gasteiger partial charge on any atom is -0.490 e. The van der Waals surface area contributed by atoms with E-state index in [1.165, 1.54) is 6.42 Å². The van der Waals surface area contributed by atoms with Gasteiger partial charge in [-0.05, 0) is 49.3 Å². The maximum absolute atomic E-state index is 12.1. The summed E-state index contributed by atoms with van der Waals surface area (Å²) in [6, 6.07) is 6.67. The first-order valence-electron chi connectivity index (χ1n) is 8.35. The van der Waals surface area contributed by atoms with E-state index in [0.717, 1.165) is 25.7 Å². The van der Waals surface area contributed by atoms with Crippen molar-refractivity contribution in [3.05, 3.63) is 42.5 Å². The van der Waals surface area contributed by atoms with Gasteiger partial charge in [0, 0.05) is 11.5 Å². The maximum atomic E-state index is 12.1. The third kappa shape index (κ3) is 6.19. The predicted octanol–water partition coefficient (Wildman–Crippen LogP) is 2.47. The van der Waals surface area contributed by atoms with Crippen LogP contribution in [0.5, 0.6) is 5.75 Å². The highest BCUT2D eigenvalue weighted by Gasteiger charge is 2.21. The van der Waals surface area contributed by atoms with E-state index in [1.807, 2.05) is 0 Å². The Kier molecular flexibility index (Phi) is 7.40. The summed E-state index contributed by atoms with van der Waals surface area (Å²) in [5, 5.41) is 2.72. The SMILES string of the molecule is C=CCOc1ccc(C(=O)NNC(=S)NC(=O)C2CCCCC2)cc1. The zero-order chi connectivity index (χ0) is 18.1. The third-order valence-electron chi connectivity index (χ3n) is 3.99. The molecule has 0 aliphatic heterocycles. The van der Waals surface area contributed by atoms with Crippen LogP contribution in [-0.2, 0) is 4.79 Å². The molecule has 1 aliphatic carbocycles. The molecule has 1 fully saturated rings. The fourth-order valence-electron chi connectivity index (χ4n) is 2.65. The monoisotopic (exact) mass is 361 g/mol. The summed E-state index contributed by atoms with van der Waals surface area (Å²) in [6.45, 7) is 3.98. The summed E-state index contributed by atoms with van der Waals surface area (Å²) in [5.74, 6) is 0.215. The number of nitrogens with one attached hydrogen (secondary N) is 3. The van der Waals surface area contributed by atoms with Gasteiger partial charge in [-0.3, -0.25) is 20.4 Å². The van der Waals surface area contributed by atoms with Crippen LogP contribution < -0.4 is 20.9 Å². The number of rotatable bonds is 5. The van der Waals surface area contributed by atoms with Gasteiger partial charge in [0.15, 0.2) is 5.11 Å². The van der Waals surface area contributed by atoms with E-state index in [2.05, 4.69) is 22.7 Å². The molecule has 25 heavy (non-hydrogen) atoms. The minimum absolute atomic E-state index is 0.00677. The molecule has 1 aromatic rings. The molecule has 7 heteroatoms. The van der Waals surface area contributed by atoms with Gasteiger partial charge >= 0.3 is 0 Å². The lowest BCUT2D eigenvalue weighted by Gasteiger charge is -2.21. The highest BCUT2D eigenvalue weighted by molar-refractivity contribution is 7.80. The number of hydrazine groups is 1. The largest absolute Gasteiger partial charge is 0.490 e. The Labute approximate surface area is 153 Å². The molecule has 0 saturated heterocycles. The molecule has 2 amide bonds. The number of benzene rings is 1. The predicted molar refractivity (Wildman–Crippen MR) is 100 cm³/mol. The fraction of sp³-hybridized carbons (Fsp3) is 0.389. The Morgan fingerprint density at radius 1 is 1.16 bits per heavy atom. The average Bonchev–Trinajstić information content (AvgIpc) is 2.65. The van der Waals surface area contributed by atoms with Crippen molar-refractivity contribution in [3.8, 4) is 5.75 Å². The Hall–Kier alpha value is -2.41. The fourth-order valence-corrected chi connectivity index (χ4v) is 2.80. The first-order chi connectivity index (χ1) is 12.1. The van der Waals surface area contributed by atoms with Gasteiger partial charge in [-0.1, -0.05) is 31.9 Å². The molecule has 0 atom stereocenters. The molecule has 0 aromatic heterocycles. The van der Waals surface area contributed by atoms with Gasteiger partial charge in [-0.2, -0.15) is 0 Å². The van der Waals surface area contributed by atoms with E-state index in [0.29, 0.717) is 17.9 Å². The summed E-state index contributed by atoms with van der Waals surface area (Å²) in [7, 11) is 0. The molecule has 2 rings (SSSR count). The van der Waals surface area contributed by atoms with Gasteiger partial charge in [-0.15, -0.1) is 0 Å². The number of carbonyl (C=O) groups is 2. The first kappa shape index (κ1) is 18.9. The molecule has 0 spiro atoms. The van der Waals surface area contributed by atoms with Crippen LogP contribution in [0.4, 0.5) is 0 Å². The third-order valence-corrected chi connectivity index (χ3v) is 4.19. The highest BCUT2D eigenvalue weighted by Crippen LogP contribution is 2.23. The molecule has 3 N–H and O–H groups in total. The lowest BCUT2D eigenvalue weighted by atomic mass is 9.89. The number of thiocarbonyl (C=S) groups is 1. The zero-order valence-corrected chi connectivity index (χ0v) is 14.9. The van der Waals surface area contributed by atoms with Crippen LogP contribution in [-0.4, -0.2) is 23.5 Å². The number of hydrogen-bond acceptors (Lipinski definition) is 4. The molecule has 0 bridgehead atoms. The number of hydrogen-bond donors (Lipinski definition) is 3. The summed E-state index contributed by atoms with van der Waals surface area (Å²) >= 11 is 5.05. The van der Waals surface area contributed by atoms with Crippen LogP contribution in [0.2, 0.25) is 0 Å². The van der Waals surface area contributed by atoms with Crippen LogP contribution in [0.1, 0.15) is 42.5 Å². The van der Waals surface area contributed by atoms with E-state index < -0.39 is 0 Å². The second-order valence-electron chi connectivity index (χ2n) is 5.86. The van der Waals surface area contributed by atoms with Crippen LogP contribution >= 0.6 is 12.2 Å². The Morgan fingerprint density at radius 3 is 2.48 bits per heavy atom. The Bertz CT molecular complexity index is 625. The summed E-state index contributed by atoms with van der Waals surface area (Å²) < 4.78 is 5.36. The normalized spacial score (nSPS) is 14.2. The van der Waals surface area contributed by atoms with Crippen molar-refractivity contribution >= 4 is 29.1 Å². The van der Waals surface area contributed by atoms with Crippen LogP contribution in [0.3, 0.4) is 0 Å². The van der Waals surface area contributed by atoms with E-state index >= 15 is 0 Å². The lowest BCUT2D eigenvalue weighted by Crippen LogP contribution is -2.49. The summed E-state index contributed by atoms with van der Waals surface area (Å²) in [5.41, 5.74) is 5.47. The molecular weight excluding hydrogens is 338 g/mol. The van der Waals surface area contributed by atoms with Crippen molar-refractivity contribution in [2.75, 3.05) is 6.61 Å². The average molecular weight is 361 g/mol. The van der Waals surface area contributed by atoms with Gasteiger partial charge in [0.05, 0.1) is 0 Å². The van der Waals surface area contributed by atoms with Gasteiger partial charge in [0.25, 0.3) is 5.91 Å². The second kappa shape index (κ2) is 9.78. The van der Waals surface area contributed by atoms with E-state index in [9.17, 15) is 9.59 Å². The van der Waals surface area contributed by atoms with Crippen LogP contribution in [0.25, 0.3) is 0 Å². The Morgan fingerprint density at radius 2 is 1.84 bits per heavy atom. The van der Waals surface area contributed by atoms with Crippen molar-refractivity contribution < 1.29 is 14.3 Å². The van der Waals surface area contributed by atoms with E-state index in [1.54, 1.807) is 30.3 Å². The summed E-state index contributed by atoms with van der Waals surface area (Å²) in [6.07, 6.45) is 6.75. The maximum Gasteiger partial charge on any atom is 0.269 e. The van der Waals surface area contributed by atoms with Gasteiger partial charge in [0.1, 0.15) is 12.4 Å². The van der Waals surface area contributed by atoms with Crippen LogP contribution in [0, 0.1) is 5.92 Å². The quantitative estimate of drug-likeness (QED) is 0.427. The Balaban J connectivity index is 1.75. The first-order valence-corrected chi connectivity index (χ1v) is 8.76. The molecule has 134 valence electrons. The van der Waals surface area contributed by atoms with Gasteiger partial charge in [0.2, 0.25) is 5.91 Å². The molecule has 1 aliphatic rings. The van der Waals surface area contributed by atoms with Crippen LogP contribution in [0.15, 0.2) is 36.9 Å². The zero-order valence-electron chi connectivity index (χ0n) is 14.0. The highest BCUT2D eigenvalue weighted by atomic mass is 32.1. The number of ether oxygens (including phenoxy) is 1. The number of carbonyl (C=O) groups excluding carboxylic acids is 2. The molecule has 1 saturated carbocycles. The molecule has 6 nitrogen and oxygen atoms in total. The summed E-state index contributed by atoms with van der Waals surface area (Å²) in [4.78, 5) is 24.1. The van der Waals surface area contributed by atoms with Crippen molar-refractivity contribution in [3.63, 3.8) is 0 Å². The molecule has 1 aromatic carbocycles. The van der Waals surface area contributed by atoms with Crippen molar-refractivity contribution in [1.29, 1.82) is 0 Å². The lowest BCUT2D eigenvalue weighted by molar-refractivity contribution is -0.124. The molecule has 0 radical (unpaired) electrons. The smallest absolute Gasteiger partial charge is 0.269 e. The van der Waals surface area contributed by atoms with Crippen molar-refractivity contribution in [2.24, 2.45) is 5.92 Å². The number of amides is 2. The second-order valence-corrected chi connectivity index (χ2v) is 6.26. The van der Waals surface area contributed by atoms with Gasteiger partial charge in [-0.25, -0.2) is 0 Å². The molecule has 0 unspecified atom stereocenters. The van der Waals surface area contributed by atoms with E-state index in [-0.39, 0.29) is 22.8 Å². The molecule has 0 heterocycles. The topological polar surface area (TPSA) is 79.5 Å². The standard InChI is InChI=1S/C18H23N3O3S/c1-2-12-24-15-10-8-14(9-11-15)17(23)20-21-18(25)19-16(22)13-6-4-3-5-7-13/h2,8-11,13H,1,3-7,12H2,(H,20,23)(H2,19,21,22,25). The van der Waals surface area contributed by atoms with E-state index in [4.69, 9.17) is 17.0 Å². The minimum atomic E-state index is -0.357.